The first kappa shape index (κ1) is 14.3. The first-order valence-corrected chi connectivity index (χ1v) is 7.96. The van der Waals surface area contributed by atoms with Crippen LogP contribution in [0.1, 0.15) is 23.5 Å². The lowest BCUT2D eigenvalue weighted by Crippen LogP contribution is -2.19. The summed E-state index contributed by atoms with van der Waals surface area (Å²) in [6.45, 7) is 0. The van der Waals surface area contributed by atoms with Crippen LogP contribution in [-0.2, 0) is 11.2 Å². The van der Waals surface area contributed by atoms with E-state index in [1.165, 1.54) is 5.56 Å². The number of hydrogen-bond donors (Lipinski definition) is 1. The third kappa shape index (κ3) is 3.35. The maximum absolute atomic E-state index is 11.6. The zero-order valence-electron chi connectivity index (χ0n) is 11.6. The molecule has 2 aromatic rings. The minimum Gasteiger partial charge on any atom is -0.481 e. The van der Waals surface area contributed by atoms with Crippen molar-refractivity contribution in [3.05, 3.63) is 70.2 Å². The predicted molar refractivity (Wildman–Crippen MR) is 86.3 cm³/mol. The van der Waals surface area contributed by atoms with Crippen LogP contribution in [0.5, 0.6) is 0 Å². The second-order valence-electron chi connectivity index (χ2n) is 5.69. The Labute approximate surface area is 132 Å². The highest BCUT2D eigenvalue weighted by Crippen LogP contribution is 2.52. The van der Waals surface area contributed by atoms with E-state index in [9.17, 15) is 9.90 Å². The van der Waals surface area contributed by atoms with Crippen molar-refractivity contribution in [3.8, 4) is 0 Å². The highest BCUT2D eigenvalue weighted by Gasteiger charge is 2.46. The number of rotatable bonds is 5. The van der Waals surface area contributed by atoms with E-state index in [0.29, 0.717) is 12.3 Å². The monoisotopic (exact) mass is 344 g/mol. The Balaban J connectivity index is 1.72. The molecule has 3 rings (SSSR count). The molecule has 0 aromatic heterocycles. The Hall–Kier alpha value is -1.61. The summed E-state index contributed by atoms with van der Waals surface area (Å²) in [7, 11) is 0. The van der Waals surface area contributed by atoms with Crippen LogP contribution < -0.4 is 0 Å². The fourth-order valence-electron chi connectivity index (χ4n) is 3.04. The van der Waals surface area contributed by atoms with E-state index in [1.807, 2.05) is 42.5 Å². The molecule has 1 aliphatic rings. The number of carboxylic acids is 1. The Morgan fingerprint density at radius 3 is 2.43 bits per heavy atom. The number of carboxylic acid groups (broad SMARTS) is 1. The van der Waals surface area contributed by atoms with Crippen molar-refractivity contribution in [3.63, 3.8) is 0 Å². The SMILES string of the molecule is O=C(O)C(Cc1ccc(Br)cc1)C1CC1c1ccccc1. The summed E-state index contributed by atoms with van der Waals surface area (Å²) < 4.78 is 1.02. The largest absolute Gasteiger partial charge is 0.481 e. The number of aliphatic carboxylic acids is 1. The van der Waals surface area contributed by atoms with E-state index >= 15 is 0 Å². The maximum Gasteiger partial charge on any atom is 0.307 e. The smallest absolute Gasteiger partial charge is 0.307 e. The molecule has 2 nitrogen and oxygen atoms in total. The molecule has 0 amide bonds. The fraction of sp³-hybridized carbons (Fsp3) is 0.278. The van der Waals surface area contributed by atoms with Gasteiger partial charge >= 0.3 is 5.97 Å². The molecule has 1 fully saturated rings. The maximum atomic E-state index is 11.6. The predicted octanol–water partition coefficient (Wildman–Crippen LogP) is 4.50. The summed E-state index contributed by atoms with van der Waals surface area (Å²) in [5.74, 6) is -0.311. The van der Waals surface area contributed by atoms with Gasteiger partial charge in [0.15, 0.2) is 0 Å². The van der Waals surface area contributed by atoms with Crippen LogP contribution in [-0.4, -0.2) is 11.1 Å². The van der Waals surface area contributed by atoms with Crippen molar-refractivity contribution in [2.24, 2.45) is 11.8 Å². The zero-order valence-corrected chi connectivity index (χ0v) is 13.2. The molecule has 0 aliphatic heterocycles. The van der Waals surface area contributed by atoms with Gasteiger partial charge in [0, 0.05) is 4.47 Å². The van der Waals surface area contributed by atoms with Crippen LogP contribution in [0.25, 0.3) is 0 Å². The van der Waals surface area contributed by atoms with Gasteiger partial charge in [-0.1, -0.05) is 58.4 Å². The molecule has 2 aromatic carbocycles. The number of benzene rings is 2. The molecule has 1 saturated carbocycles. The van der Waals surface area contributed by atoms with Gasteiger partial charge in [-0.2, -0.15) is 0 Å². The van der Waals surface area contributed by atoms with Gasteiger partial charge in [-0.3, -0.25) is 4.79 Å². The molecule has 0 saturated heterocycles. The lowest BCUT2D eigenvalue weighted by molar-refractivity contribution is -0.142. The summed E-state index contributed by atoms with van der Waals surface area (Å²) in [6, 6.07) is 18.2. The van der Waals surface area contributed by atoms with Crippen molar-refractivity contribution in [1.82, 2.24) is 0 Å². The van der Waals surface area contributed by atoms with E-state index in [0.717, 1.165) is 16.5 Å². The van der Waals surface area contributed by atoms with Crippen molar-refractivity contribution in [1.29, 1.82) is 0 Å². The molecule has 3 unspecified atom stereocenters. The van der Waals surface area contributed by atoms with Crippen LogP contribution in [0.3, 0.4) is 0 Å². The molecule has 0 heterocycles. The topological polar surface area (TPSA) is 37.3 Å². The van der Waals surface area contributed by atoms with Crippen molar-refractivity contribution >= 4 is 21.9 Å². The third-order valence-corrected chi connectivity index (χ3v) is 4.80. The Kier molecular flexibility index (Phi) is 4.11. The van der Waals surface area contributed by atoms with Gasteiger partial charge in [-0.05, 0) is 47.9 Å². The quantitative estimate of drug-likeness (QED) is 0.867. The van der Waals surface area contributed by atoms with E-state index in [1.54, 1.807) is 0 Å². The molecule has 0 spiro atoms. The molecule has 1 N–H and O–H groups in total. The van der Waals surface area contributed by atoms with Crippen molar-refractivity contribution < 1.29 is 9.90 Å². The van der Waals surface area contributed by atoms with Gasteiger partial charge < -0.3 is 5.11 Å². The normalized spacial score (nSPS) is 21.8. The average Bonchev–Trinajstić information content (AvgIpc) is 3.27. The molecule has 3 heteroatoms. The Morgan fingerprint density at radius 1 is 1.14 bits per heavy atom. The molecule has 0 radical (unpaired) electrons. The summed E-state index contributed by atoms with van der Waals surface area (Å²) in [6.07, 6.45) is 1.59. The summed E-state index contributed by atoms with van der Waals surface area (Å²) in [5, 5.41) is 9.55. The van der Waals surface area contributed by atoms with Crippen LogP contribution in [0, 0.1) is 11.8 Å². The number of hydrogen-bond acceptors (Lipinski definition) is 1. The van der Waals surface area contributed by atoms with Crippen LogP contribution in [0.4, 0.5) is 0 Å². The molecular formula is C18H17BrO2. The third-order valence-electron chi connectivity index (χ3n) is 4.27. The number of carbonyl (C=O) groups is 1. The van der Waals surface area contributed by atoms with Crippen molar-refractivity contribution in [2.45, 2.75) is 18.8 Å². The highest BCUT2D eigenvalue weighted by molar-refractivity contribution is 9.10. The first-order valence-electron chi connectivity index (χ1n) is 7.17. The lowest BCUT2D eigenvalue weighted by Gasteiger charge is -2.12. The minimum atomic E-state index is -0.679. The van der Waals surface area contributed by atoms with Gasteiger partial charge in [0.25, 0.3) is 0 Å². The number of halogens is 1. The van der Waals surface area contributed by atoms with Gasteiger partial charge in [0.2, 0.25) is 0 Å². The van der Waals surface area contributed by atoms with Gasteiger partial charge in [-0.25, -0.2) is 0 Å². The van der Waals surface area contributed by atoms with Gasteiger partial charge in [0.1, 0.15) is 0 Å². The Bertz CT molecular complexity index is 621. The summed E-state index contributed by atoms with van der Waals surface area (Å²) in [4.78, 5) is 11.6. The molecule has 0 bridgehead atoms. The van der Waals surface area contributed by atoms with Crippen molar-refractivity contribution in [2.75, 3.05) is 0 Å². The summed E-state index contributed by atoms with van der Waals surface area (Å²) >= 11 is 3.41. The zero-order chi connectivity index (χ0) is 14.8. The first-order chi connectivity index (χ1) is 10.1. The molecule has 21 heavy (non-hydrogen) atoms. The van der Waals surface area contributed by atoms with E-state index in [2.05, 4.69) is 28.1 Å². The van der Waals surface area contributed by atoms with Gasteiger partial charge in [0.05, 0.1) is 5.92 Å². The average molecular weight is 345 g/mol. The van der Waals surface area contributed by atoms with Crippen LogP contribution >= 0.6 is 15.9 Å². The van der Waals surface area contributed by atoms with E-state index < -0.39 is 5.97 Å². The highest BCUT2D eigenvalue weighted by atomic mass is 79.9. The molecule has 1 aliphatic carbocycles. The lowest BCUT2D eigenvalue weighted by atomic mass is 9.92. The Morgan fingerprint density at radius 2 is 1.81 bits per heavy atom. The molecular weight excluding hydrogens is 328 g/mol. The minimum absolute atomic E-state index is 0.258. The van der Waals surface area contributed by atoms with E-state index in [4.69, 9.17) is 0 Å². The standard InChI is InChI=1S/C18H17BrO2/c19-14-8-6-12(7-9-14)10-17(18(20)21)16-11-15(16)13-4-2-1-3-5-13/h1-9,15-17H,10-11H2,(H,20,21). The molecule has 108 valence electrons. The molecule has 3 atom stereocenters. The summed E-state index contributed by atoms with van der Waals surface area (Å²) in [5.41, 5.74) is 2.36. The van der Waals surface area contributed by atoms with E-state index in [-0.39, 0.29) is 11.8 Å². The van der Waals surface area contributed by atoms with Crippen LogP contribution in [0.15, 0.2) is 59.1 Å². The second kappa shape index (κ2) is 6.02. The van der Waals surface area contributed by atoms with Crippen LogP contribution in [0.2, 0.25) is 0 Å². The fourth-order valence-corrected chi connectivity index (χ4v) is 3.30. The van der Waals surface area contributed by atoms with Gasteiger partial charge in [-0.15, -0.1) is 0 Å². The second-order valence-corrected chi connectivity index (χ2v) is 6.61.